The molecule has 0 fully saturated rings. The number of rotatable bonds is 8. The van der Waals surface area contributed by atoms with Crippen LogP contribution in [0.1, 0.15) is 26.7 Å². The molecule has 0 saturated heterocycles. The third kappa shape index (κ3) is 7.11. The van der Waals surface area contributed by atoms with Crippen LogP contribution in [-0.2, 0) is 4.79 Å². The van der Waals surface area contributed by atoms with Crippen LogP contribution in [-0.4, -0.2) is 35.9 Å². The molecule has 3 N–H and O–H groups in total. The third-order valence-electron chi connectivity index (χ3n) is 2.26. The van der Waals surface area contributed by atoms with Crippen molar-refractivity contribution >= 4 is 5.97 Å². The number of aliphatic hydroxyl groups excluding tert-OH is 1. The van der Waals surface area contributed by atoms with Crippen LogP contribution in [0.3, 0.4) is 0 Å². The minimum Gasteiger partial charge on any atom is -0.478 e. The van der Waals surface area contributed by atoms with E-state index in [2.05, 4.69) is 25.7 Å². The fourth-order valence-corrected chi connectivity index (χ4v) is 1.27. The van der Waals surface area contributed by atoms with Crippen molar-refractivity contribution in [2.24, 2.45) is 5.41 Å². The molecule has 0 aromatic carbocycles. The summed E-state index contributed by atoms with van der Waals surface area (Å²) in [4.78, 5) is 10.5. The quantitative estimate of drug-likeness (QED) is 0.529. The summed E-state index contributed by atoms with van der Waals surface area (Å²) in [6.07, 6.45) is 1.69. The molecule has 0 aliphatic rings. The first-order valence-electron chi connectivity index (χ1n) is 5.12. The molecule has 88 valence electrons. The van der Waals surface area contributed by atoms with Gasteiger partial charge < -0.3 is 15.5 Å². The molecule has 4 heteroatoms. The summed E-state index contributed by atoms with van der Waals surface area (Å²) in [6, 6.07) is 0. The SMILES string of the molecule is C=C(CNCC(C)(C)CCCO)C(=O)O. The Kier molecular flexibility index (Phi) is 6.20. The smallest absolute Gasteiger partial charge is 0.332 e. The van der Waals surface area contributed by atoms with E-state index in [-0.39, 0.29) is 17.6 Å². The number of carboxylic acids is 1. The summed E-state index contributed by atoms with van der Waals surface area (Å²) in [6.45, 7) is 8.82. The predicted octanol–water partition coefficient (Wildman–Crippen LogP) is 1.02. The van der Waals surface area contributed by atoms with Gasteiger partial charge in [-0.2, -0.15) is 0 Å². The van der Waals surface area contributed by atoms with Gasteiger partial charge in [0.25, 0.3) is 0 Å². The topological polar surface area (TPSA) is 69.6 Å². The summed E-state index contributed by atoms with van der Waals surface area (Å²) in [7, 11) is 0. The lowest BCUT2D eigenvalue weighted by Gasteiger charge is -2.24. The van der Waals surface area contributed by atoms with Gasteiger partial charge in [-0.1, -0.05) is 20.4 Å². The lowest BCUT2D eigenvalue weighted by Crippen LogP contribution is -2.31. The second-order valence-electron chi connectivity index (χ2n) is 4.50. The molecular weight excluding hydrogens is 194 g/mol. The van der Waals surface area contributed by atoms with E-state index >= 15 is 0 Å². The first-order chi connectivity index (χ1) is 6.89. The Bertz CT molecular complexity index is 224. The average Bonchev–Trinajstić information content (AvgIpc) is 2.14. The van der Waals surface area contributed by atoms with Crippen LogP contribution >= 0.6 is 0 Å². The first kappa shape index (κ1) is 14.1. The third-order valence-corrected chi connectivity index (χ3v) is 2.26. The highest BCUT2D eigenvalue weighted by Crippen LogP contribution is 2.20. The van der Waals surface area contributed by atoms with E-state index in [0.29, 0.717) is 6.54 Å². The average molecular weight is 215 g/mol. The molecule has 0 unspecified atom stereocenters. The molecule has 0 heterocycles. The highest BCUT2D eigenvalue weighted by Gasteiger charge is 2.17. The minimum absolute atomic E-state index is 0.0709. The van der Waals surface area contributed by atoms with Crippen LogP contribution in [0.2, 0.25) is 0 Å². The molecule has 0 radical (unpaired) electrons. The number of aliphatic carboxylic acids is 1. The van der Waals surface area contributed by atoms with Gasteiger partial charge in [-0.05, 0) is 18.3 Å². The largest absolute Gasteiger partial charge is 0.478 e. The zero-order valence-corrected chi connectivity index (χ0v) is 9.55. The van der Waals surface area contributed by atoms with Crippen LogP contribution < -0.4 is 5.32 Å². The predicted molar refractivity (Wildman–Crippen MR) is 59.7 cm³/mol. The van der Waals surface area contributed by atoms with Gasteiger partial charge >= 0.3 is 5.97 Å². The Morgan fingerprint density at radius 2 is 2.07 bits per heavy atom. The van der Waals surface area contributed by atoms with Gasteiger partial charge in [0, 0.05) is 25.3 Å². The van der Waals surface area contributed by atoms with Crippen molar-refractivity contribution in [2.75, 3.05) is 19.7 Å². The standard InChI is InChI=1S/C11H21NO3/c1-9(10(14)15)7-12-8-11(2,3)5-4-6-13/h12-13H,1,4-8H2,2-3H3,(H,14,15). The lowest BCUT2D eigenvalue weighted by atomic mass is 9.88. The molecule has 0 aliphatic carbocycles. The molecule has 0 rings (SSSR count). The van der Waals surface area contributed by atoms with Crippen molar-refractivity contribution in [2.45, 2.75) is 26.7 Å². The summed E-state index contributed by atoms with van der Waals surface area (Å²) < 4.78 is 0. The molecule has 0 aromatic heterocycles. The normalized spacial score (nSPS) is 11.4. The van der Waals surface area contributed by atoms with Crippen molar-refractivity contribution in [3.05, 3.63) is 12.2 Å². The number of hydrogen-bond acceptors (Lipinski definition) is 3. The molecule has 0 aliphatic heterocycles. The summed E-state index contributed by atoms with van der Waals surface area (Å²) >= 11 is 0. The maximum Gasteiger partial charge on any atom is 0.332 e. The van der Waals surface area contributed by atoms with E-state index in [1.165, 1.54) is 0 Å². The van der Waals surface area contributed by atoms with Crippen molar-refractivity contribution < 1.29 is 15.0 Å². The van der Waals surface area contributed by atoms with Gasteiger partial charge in [0.05, 0.1) is 0 Å². The van der Waals surface area contributed by atoms with Crippen molar-refractivity contribution in [3.63, 3.8) is 0 Å². The van der Waals surface area contributed by atoms with Gasteiger partial charge in [-0.3, -0.25) is 0 Å². The van der Waals surface area contributed by atoms with Gasteiger partial charge in [0.1, 0.15) is 0 Å². The van der Waals surface area contributed by atoms with E-state index in [1.807, 2.05) is 0 Å². The Hall–Kier alpha value is -0.870. The monoisotopic (exact) mass is 215 g/mol. The molecule has 4 nitrogen and oxygen atoms in total. The summed E-state index contributed by atoms with van der Waals surface area (Å²) in [5, 5.41) is 20.3. The lowest BCUT2D eigenvalue weighted by molar-refractivity contribution is -0.132. The van der Waals surface area contributed by atoms with E-state index in [9.17, 15) is 4.79 Å². The van der Waals surface area contributed by atoms with Gasteiger partial charge in [0.15, 0.2) is 0 Å². The van der Waals surface area contributed by atoms with E-state index in [1.54, 1.807) is 0 Å². The van der Waals surface area contributed by atoms with Crippen LogP contribution in [0.25, 0.3) is 0 Å². The maximum atomic E-state index is 10.5. The number of carboxylic acid groups (broad SMARTS) is 1. The van der Waals surface area contributed by atoms with Crippen LogP contribution in [0.4, 0.5) is 0 Å². The summed E-state index contributed by atoms with van der Waals surface area (Å²) in [5.74, 6) is -0.962. The number of aliphatic hydroxyl groups is 1. The Morgan fingerprint density at radius 3 is 2.53 bits per heavy atom. The molecular formula is C11H21NO3. The van der Waals surface area contributed by atoms with Gasteiger partial charge in [-0.15, -0.1) is 0 Å². The summed E-state index contributed by atoms with van der Waals surface area (Å²) in [5.41, 5.74) is 0.245. The van der Waals surface area contributed by atoms with Crippen LogP contribution in [0.15, 0.2) is 12.2 Å². The van der Waals surface area contributed by atoms with Crippen LogP contribution in [0.5, 0.6) is 0 Å². The molecule has 0 bridgehead atoms. The molecule has 0 atom stereocenters. The fraction of sp³-hybridized carbons (Fsp3) is 0.727. The highest BCUT2D eigenvalue weighted by molar-refractivity contribution is 5.86. The van der Waals surface area contributed by atoms with Gasteiger partial charge in [-0.25, -0.2) is 4.79 Å². The molecule has 0 saturated carbocycles. The fourth-order valence-electron chi connectivity index (χ4n) is 1.27. The zero-order chi connectivity index (χ0) is 11.9. The Balaban J connectivity index is 3.74. The van der Waals surface area contributed by atoms with Crippen molar-refractivity contribution in [1.29, 1.82) is 0 Å². The molecule has 0 spiro atoms. The van der Waals surface area contributed by atoms with Gasteiger partial charge in [0.2, 0.25) is 0 Å². The Morgan fingerprint density at radius 1 is 1.47 bits per heavy atom. The Labute approximate surface area is 91.0 Å². The number of carbonyl (C=O) groups is 1. The van der Waals surface area contributed by atoms with Crippen LogP contribution in [0, 0.1) is 5.41 Å². The van der Waals surface area contributed by atoms with E-state index in [0.717, 1.165) is 19.4 Å². The zero-order valence-electron chi connectivity index (χ0n) is 9.55. The number of hydrogen-bond donors (Lipinski definition) is 3. The molecule has 0 aromatic rings. The van der Waals surface area contributed by atoms with E-state index < -0.39 is 5.97 Å². The second-order valence-corrected chi connectivity index (χ2v) is 4.50. The second kappa shape index (κ2) is 6.58. The van der Waals surface area contributed by atoms with E-state index in [4.69, 9.17) is 10.2 Å². The molecule has 0 amide bonds. The molecule has 15 heavy (non-hydrogen) atoms. The number of nitrogens with one attached hydrogen (secondary N) is 1. The van der Waals surface area contributed by atoms with Crippen molar-refractivity contribution in [1.82, 2.24) is 5.32 Å². The van der Waals surface area contributed by atoms with Crippen molar-refractivity contribution in [3.8, 4) is 0 Å². The minimum atomic E-state index is -0.962. The highest BCUT2D eigenvalue weighted by atomic mass is 16.4. The first-order valence-corrected chi connectivity index (χ1v) is 5.12. The maximum absolute atomic E-state index is 10.5.